The molecule has 218 valence electrons. The zero-order chi connectivity index (χ0) is 30.1. The van der Waals surface area contributed by atoms with Crippen LogP contribution in [0, 0.1) is 0 Å². The van der Waals surface area contributed by atoms with Gasteiger partial charge in [-0.2, -0.15) is 0 Å². The first-order valence-corrected chi connectivity index (χ1v) is 15.1. The number of hydrogen-bond acceptors (Lipinski definition) is 10. The molecule has 0 saturated carbocycles. The summed E-state index contributed by atoms with van der Waals surface area (Å²) in [5, 5.41) is 1.71. The number of methoxy groups -OCH3 is 2. The van der Waals surface area contributed by atoms with E-state index in [2.05, 4.69) is 9.98 Å². The Morgan fingerprint density at radius 3 is 2.70 bits per heavy atom. The molecule has 0 amide bonds. The number of fused-ring (bicyclic) bond motifs is 2. The number of pyridine rings is 1. The highest BCUT2D eigenvalue weighted by Gasteiger charge is 2.34. The molecule has 0 saturated heterocycles. The molecule has 9 nitrogen and oxygen atoms in total. The Balaban J connectivity index is 1.42. The van der Waals surface area contributed by atoms with E-state index >= 15 is 0 Å². The van der Waals surface area contributed by atoms with Crippen LogP contribution in [-0.2, 0) is 9.53 Å². The first-order valence-electron chi connectivity index (χ1n) is 13.4. The average Bonchev–Trinajstić information content (AvgIpc) is 3.59. The van der Waals surface area contributed by atoms with Gasteiger partial charge in [-0.15, -0.1) is 0 Å². The number of allylic oxidation sites excluding steroid dienone is 1. The minimum Gasteiger partial charge on any atom is -0.493 e. The van der Waals surface area contributed by atoms with E-state index in [9.17, 15) is 9.59 Å². The van der Waals surface area contributed by atoms with Gasteiger partial charge in [0.05, 0.1) is 48.2 Å². The number of aromatic nitrogens is 2. The van der Waals surface area contributed by atoms with Crippen molar-refractivity contribution in [3.8, 4) is 11.5 Å². The largest absolute Gasteiger partial charge is 0.493 e. The van der Waals surface area contributed by atoms with Gasteiger partial charge in [-0.3, -0.25) is 14.3 Å². The molecule has 1 aliphatic heterocycles. The molecular weight excluding hydrogens is 587 g/mol. The summed E-state index contributed by atoms with van der Waals surface area (Å²) >= 11 is 2.69. The van der Waals surface area contributed by atoms with Crippen LogP contribution in [0.5, 0.6) is 11.5 Å². The number of benzene rings is 2. The molecule has 2 aromatic carbocycles. The predicted molar refractivity (Wildman–Crippen MR) is 165 cm³/mol. The van der Waals surface area contributed by atoms with E-state index in [0.717, 1.165) is 15.8 Å². The lowest BCUT2D eigenvalue weighted by atomic mass is 9.95. The van der Waals surface area contributed by atoms with Crippen molar-refractivity contribution in [2.24, 2.45) is 4.99 Å². The van der Waals surface area contributed by atoms with Gasteiger partial charge < -0.3 is 18.6 Å². The van der Waals surface area contributed by atoms with Crippen molar-refractivity contribution in [1.29, 1.82) is 0 Å². The number of ether oxygens (including phenoxy) is 3. The number of esters is 1. The number of furan rings is 1. The average molecular weight is 614 g/mol. The van der Waals surface area contributed by atoms with Crippen LogP contribution in [0.15, 0.2) is 102 Å². The number of carbonyl (C=O) groups excluding carboxylic acids is 1. The van der Waals surface area contributed by atoms with Gasteiger partial charge in [-0.25, -0.2) is 9.79 Å². The standard InChI is InChI=1S/C32H27N3O6S2/c1-5-40-31(37)27-18(2)34-32-35(29(27)20-11-13-22(38-3)23(16-20)39-4)30(36)25(43-32)17-21-12-14-26(41-21)42-24-10-6-8-19-9-7-15-33-28(19)24/h6-17,29H,5H2,1-4H3/b25-17-/t29-/m1/s1. The van der Waals surface area contributed by atoms with Crippen molar-refractivity contribution in [2.75, 3.05) is 20.8 Å². The minimum atomic E-state index is -0.779. The number of carbonyl (C=O) groups is 1. The maximum absolute atomic E-state index is 14.0. The highest BCUT2D eigenvalue weighted by molar-refractivity contribution is 7.99. The van der Waals surface area contributed by atoms with Crippen LogP contribution in [0.3, 0.4) is 0 Å². The molecule has 0 spiro atoms. The first kappa shape index (κ1) is 28.5. The third-order valence-corrected chi connectivity index (χ3v) is 8.87. The summed E-state index contributed by atoms with van der Waals surface area (Å²) in [6.45, 7) is 3.67. The van der Waals surface area contributed by atoms with E-state index in [1.54, 1.807) is 51.4 Å². The molecule has 5 aromatic rings. The highest BCUT2D eigenvalue weighted by Crippen LogP contribution is 2.36. The van der Waals surface area contributed by atoms with Gasteiger partial charge in [-0.05, 0) is 67.6 Å². The van der Waals surface area contributed by atoms with Crippen LogP contribution < -0.4 is 24.4 Å². The highest BCUT2D eigenvalue weighted by atomic mass is 32.2. The quantitative estimate of drug-likeness (QED) is 0.223. The molecule has 0 unspecified atom stereocenters. The lowest BCUT2D eigenvalue weighted by Gasteiger charge is -2.25. The van der Waals surface area contributed by atoms with Gasteiger partial charge in [0.2, 0.25) is 0 Å². The molecule has 1 aliphatic rings. The van der Waals surface area contributed by atoms with E-state index in [4.69, 9.17) is 18.6 Å². The summed E-state index contributed by atoms with van der Waals surface area (Å²) in [5.41, 5.74) is 2.01. The Morgan fingerprint density at radius 2 is 1.91 bits per heavy atom. The summed E-state index contributed by atoms with van der Waals surface area (Å²) < 4.78 is 24.3. The molecule has 0 radical (unpaired) electrons. The van der Waals surface area contributed by atoms with E-state index < -0.39 is 12.0 Å². The van der Waals surface area contributed by atoms with Crippen molar-refractivity contribution in [3.63, 3.8) is 0 Å². The molecule has 4 heterocycles. The summed E-state index contributed by atoms with van der Waals surface area (Å²) in [4.78, 5) is 37.7. The second kappa shape index (κ2) is 11.9. The number of para-hydroxylation sites is 1. The van der Waals surface area contributed by atoms with Crippen molar-refractivity contribution in [3.05, 3.63) is 109 Å². The molecule has 0 aliphatic carbocycles. The smallest absolute Gasteiger partial charge is 0.338 e. The summed E-state index contributed by atoms with van der Waals surface area (Å²) in [7, 11) is 3.08. The molecule has 11 heteroatoms. The van der Waals surface area contributed by atoms with Gasteiger partial charge >= 0.3 is 5.97 Å². The Hall–Kier alpha value is -4.61. The summed E-state index contributed by atoms with van der Waals surface area (Å²) in [6.07, 6.45) is 3.47. The fourth-order valence-corrected chi connectivity index (χ4v) is 6.92. The molecule has 0 fully saturated rings. The molecule has 1 atom stereocenters. The first-order chi connectivity index (χ1) is 20.9. The van der Waals surface area contributed by atoms with Crippen LogP contribution in [0.1, 0.15) is 31.2 Å². The molecule has 0 bridgehead atoms. The van der Waals surface area contributed by atoms with Gasteiger partial charge in [0.15, 0.2) is 21.4 Å². The van der Waals surface area contributed by atoms with Crippen LogP contribution >= 0.6 is 23.1 Å². The second-order valence-corrected chi connectivity index (χ2v) is 11.6. The molecule has 6 rings (SSSR count). The van der Waals surface area contributed by atoms with Crippen molar-refractivity contribution >= 4 is 46.0 Å². The third-order valence-electron chi connectivity index (χ3n) is 6.92. The molecule has 43 heavy (non-hydrogen) atoms. The normalized spacial score (nSPS) is 14.9. The maximum Gasteiger partial charge on any atom is 0.338 e. The van der Waals surface area contributed by atoms with Gasteiger partial charge in [0, 0.05) is 22.6 Å². The fraction of sp³-hybridized carbons (Fsp3) is 0.188. The Kier molecular flexibility index (Phi) is 7.92. The van der Waals surface area contributed by atoms with E-state index in [-0.39, 0.29) is 17.7 Å². The Labute approximate surface area is 254 Å². The molecular formula is C32H27N3O6S2. The van der Waals surface area contributed by atoms with E-state index in [0.29, 0.717) is 42.9 Å². The number of nitrogens with zero attached hydrogens (tertiary/aromatic N) is 3. The summed E-state index contributed by atoms with van der Waals surface area (Å²) in [6, 6.07) is 18.1. The fourth-order valence-electron chi connectivity index (χ4n) is 4.99. The number of hydrogen-bond donors (Lipinski definition) is 0. The van der Waals surface area contributed by atoms with E-state index in [1.807, 2.05) is 42.5 Å². The Morgan fingerprint density at radius 1 is 1.09 bits per heavy atom. The van der Waals surface area contributed by atoms with Crippen molar-refractivity contribution in [1.82, 2.24) is 9.55 Å². The molecule has 3 aromatic heterocycles. The molecule has 0 N–H and O–H groups in total. The van der Waals surface area contributed by atoms with E-state index in [1.165, 1.54) is 34.8 Å². The predicted octanol–water partition coefficient (Wildman–Crippen LogP) is 5.11. The van der Waals surface area contributed by atoms with Crippen molar-refractivity contribution < 1.29 is 23.4 Å². The van der Waals surface area contributed by atoms with Crippen LogP contribution in [0.4, 0.5) is 0 Å². The SMILES string of the molecule is CCOC(=O)C1=C(C)N=c2s/c(=C\c3ccc(Sc4cccc5cccnc45)o3)c(=O)n2[C@@H]1c1ccc(OC)c(OC)c1. The number of thiazole rings is 1. The second-order valence-electron chi connectivity index (χ2n) is 9.51. The summed E-state index contributed by atoms with van der Waals surface area (Å²) in [5.74, 6) is 0.989. The lowest BCUT2D eigenvalue weighted by Crippen LogP contribution is -2.39. The topological polar surface area (TPSA) is 105 Å². The monoisotopic (exact) mass is 613 g/mol. The van der Waals surface area contributed by atoms with Crippen LogP contribution in [0.2, 0.25) is 0 Å². The van der Waals surface area contributed by atoms with Crippen LogP contribution in [0.25, 0.3) is 17.0 Å². The van der Waals surface area contributed by atoms with Gasteiger partial charge in [0.25, 0.3) is 5.56 Å². The maximum atomic E-state index is 14.0. The zero-order valence-electron chi connectivity index (χ0n) is 23.8. The van der Waals surface area contributed by atoms with Crippen molar-refractivity contribution in [2.45, 2.75) is 29.9 Å². The third kappa shape index (κ3) is 5.37. The van der Waals surface area contributed by atoms with Crippen LogP contribution in [-0.4, -0.2) is 36.3 Å². The number of rotatable bonds is 8. The van der Waals surface area contributed by atoms with Gasteiger partial charge in [-0.1, -0.05) is 35.6 Å². The zero-order valence-corrected chi connectivity index (χ0v) is 25.5. The van der Waals surface area contributed by atoms with Gasteiger partial charge in [0.1, 0.15) is 5.76 Å². The lowest BCUT2D eigenvalue weighted by molar-refractivity contribution is -0.139. The minimum absolute atomic E-state index is 0.187. The Bertz CT molecular complexity index is 2070.